The van der Waals surface area contributed by atoms with Crippen molar-refractivity contribution in [3.05, 3.63) is 28.2 Å². The van der Waals surface area contributed by atoms with E-state index in [1.54, 1.807) is 18.2 Å². The van der Waals surface area contributed by atoms with Crippen LogP contribution in [0, 0.1) is 0 Å². The second kappa shape index (κ2) is 6.46. The van der Waals surface area contributed by atoms with E-state index in [1.807, 2.05) is 4.90 Å². The molecule has 1 fully saturated rings. The van der Waals surface area contributed by atoms with Crippen molar-refractivity contribution in [1.29, 1.82) is 0 Å². The summed E-state index contributed by atoms with van der Waals surface area (Å²) in [5, 5.41) is 9.99. The molecule has 1 aliphatic heterocycles. The molecule has 1 saturated heterocycles. The molecule has 0 unspecified atom stereocenters. The number of benzene rings is 1. The first-order valence-corrected chi connectivity index (χ1v) is 6.89. The summed E-state index contributed by atoms with van der Waals surface area (Å²) in [7, 11) is 0. The van der Waals surface area contributed by atoms with Crippen LogP contribution in [-0.4, -0.2) is 41.7 Å². The Morgan fingerprint density at radius 2 is 2.11 bits per heavy atom. The average molecular weight is 304 g/mol. The van der Waals surface area contributed by atoms with Crippen molar-refractivity contribution in [1.82, 2.24) is 4.90 Å². The number of para-hydroxylation sites is 1. The van der Waals surface area contributed by atoms with Crippen LogP contribution in [0.25, 0.3) is 0 Å². The molecule has 0 aromatic heterocycles. The molecule has 0 aliphatic carbocycles. The Hall–Kier alpha value is -0.970. The van der Waals surface area contributed by atoms with Gasteiger partial charge in [-0.05, 0) is 31.5 Å². The van der Waals surface area contributed by atoms with Crippen LogP contribution in [0.5, 0.6) is 5.75 Å². The number of aliphatic carboxylic acids is 1. The molecular formula is C13H15Cl2NO3. The van der Waals surface area contributed by atoms with Crippen LogP contribution in [0.4, 0.5) is 0 Å². The molecule has 1 aromatic rings. The summed E-state index contributed by atoms with van der Waals surface area (Å²) in [6.45, 7) is 1.71. The van der Waals surface area contributed by atoms with Crippen LogP contribution in [0.3, 0.4) is 0 Å². The lowest BCUT2D eigenvalue weighted by molar-refractivity contribution is -0.142. The Kier molecular flexibility index (Phi) is 4.91. The second-order valence-electron chi connectivity index (χ2n) is 4.43. The Morgan fingerprint density at radius 3 is 2.74 bits per heavy atom. The highest BCUT2D eigenvalue weighted by Gasteiger charge is 2.29. The molecular weight excluding hydrogens is 289 g/mol. The fraction of sp³-hybridized carbons (Fsp3) is 0.462. The number of nitrogens with zero attached hydrogens (tertiary/aromatic N) is 1. The minimum absolute atomic E-state index is 0.368. The minimum Gasteiger partial charge on any atom is -0.489 e. The van der Waals surface area contributed by atoms with Crippen molar-refractivity contribution < 1.29 is 14.6 Å². The third kappa shape index (κ3) is 3.53. The molecule has 19 heavy (non-hydrogen) atoms. The fourth-order valence-corrected chi connectivity index (χ4v) is 2.77. The summed E-state index contributed by atoms with van der Waals surface area (Å²) in [4.78, 5) is 12.9. The summed E-state index contributed by atoms with van der Waals surface area (Å²) < 4.78 is 5.56. The summed E-state index contributed by atoms with van der Waals surface area (Å²) in [5.41, 5.74) is 0. The van der Waals surface area contributed by atoms with Gasteiger partial charge in [0.1, 0.15) is 12.6 Å². The Morgan fingerprint density at radius 1 is 1.42 bits per heavy atom. The second-order valence-corrected chi connectivity index (χ2v) is 5.25. The summed E-state index contributed by atoms with van der Waals surface area (Å²) in [6, 6.07) is 4.76. The predicted molar refractivity (Wildman–Crippen MR) is 74.2 cm³/mol. The first kappa shape index (κ1) is 14.4. The van der Waals surface area contributed by atoms with E-state index in [-0.39, 0.29) is 0 Å². The van der Waals surface area contributed by atoms with E-state index in [2.05, 4.69) is 0 Å². The van der Waals surface area contributed by atoms with Crippen molar-refractivity contribution in [2.45, 2.75) is 18.9 Å². The minimum atomic E-state index is -0.770. The molecule has 1 aromatic carbocycles. The molecule has 1 N–H and O–H groups in total. The zero-order valence-corrected chi connectivity index (χ0v) is 11.8. The number of hydrogen-bond donors (Lipinski definition) is 1. The monoisotopic (exact) mass is 303 g/mol. The highest BCUT2D eigenvalue weighted by Crippen LogP contribution is 2.32. The SMILES string of the molecule is O=C(O)[C@@H]1CCCN1CCOc1c(Cl)cccc1Cl. The molecule has 0 amide bonds. The van der Waals surface area contributed by atoms with Crippen molar-refractivity contribution in [2.75, 3.05) is 19.7 Å². The third-order valence-electron chi connectivity index (χ3n) is 3.19. The van der Waals surface area contributed by atoms with Crippen LogP contribution in [0.2, 0.25) is 10.0 Å². The van der Waals surface area contributed by atoms with Gasteiger partial charge in [0.05, 0.1) is 10.0 Å². The molecule has 4 nitrogen and oxygen atoms in total. The Bertz CT molecular complexity index is 447. The van der Waals surface area contributed by atoms with Gasteiger partial charge in [-0.15, -0.1) is 0 Å². The standard InChI is InChI=1S/C13H15Cl2NO3/c14-9-3-1-4-10(15)12(9)19-8-7-16-6-2-5-11(16)13(17)18/h1,3-4,11H,2,5-8H2,(H,17,18)/t11-/m0/s1. The van der Waals surface area contributed by atoms with E-state index < -0.39 is 12.0 Å². The maximum absolute atomic E-state index is 11.0. The van der Waals surface area contributed by atoms with E-state index in [0.717, 1.165) is 13.0 Å². The normalized spacial score (nSPS) is 19.6. The van der Waals surface area contributed by atoms with Crippen molar-refractivity contribution in [2.24, 2.45) is 0 Å². The highest BCUT2D eigenvalue weighted by atomic mass is 35.5. The molecule has 0 bridgehead atoms. The van der Waals surface area contributed by atoms with Crippen LogP contribution in [-0.2, 0) is 4.79 Å². The number of halogens is 2. The van der Waals surface area contributed by atoms with Gasteiger partial charge in [-0.2, -0.15) is 0 Å². The van der Waals surface area contributed by atoms with Gasteiger partial charge in [-0.1, -0.05) is 29.3 Å². The van der Waals surface area contributed by atoms with Gasteiger partial charge in [-0.3, -0.25) is 9.69 Å². The molecule has 6 heteroatoms. The van der Waals surface area contributed by atoms with E-state index >= 15 is 0 Å². The molecule has 0 saturated carbocycles. The maximum atomic E-state index is 11.0. The van der Waals surface area contributed by atoms with Crippen molar-refractivity contribution >= 4 is 29.2 Å². The zero-order valence-electron chi connectivity index (χ0n) is 10.3. The Balaban J connectivity index is 1.88. The largest absolute Gasteiger partial charge is 0.489 e. The fourth-order valence-electron chi connectivity index (χ4n) is 2.26. The molecule has 0 spiro atoms. The van der Waals surface area contributed by atoms with Crippen LogP contribution >= 0.6 is 23.2 Å². The van der Waals surface area contributed by atoms with Gasteiger partial charge in [0, 0.05) is 6.54 Å². The van der Waals surface area contributed by atoms with E-state index in [0.29, 0.717) is 35.4 Å². The number of ether oxygens (including phenoxy) is 1. The molecule has 1 atom stereocenters. The molecule has 1 aliphatic rings. The van der Waals surface area contributed by atoms with Gasteiger partial charge in [-0.25, -0.2) is 0 Å². The molecule has 2 rings (SSSR count). The maximum Gasteiger partial charge on any atom is 0.320 e. The third-order valence-corrected chi connectivity index (χ3v) is 3.79. The smallest absolute Gasteiger partial charge is 0.320 e. The summed E-state index contributed by atoms with van der Waals surface area (Å²) >= 11 is 12.0. The van der Waals surface area contributed by atoms with Crippen LogP contribution in [0.15, 0.2) is 18.2 Å². The first-order chi connectivity index (χ1) is 9.09. The Labute approximate surface area is 121 Å². The zero-order chi connectivity index (χ0) is 13.8. The number of likely N-dealkylation sites (tertiary alicyclic amines) is 1. The van der Waals surface area contributed by atoms with Gasteiger partial charge in [0.25, 0.3) is 0 Å². The molecule has 104 valence electrons. The molecule has 1 heterocycles. The van der Waals surface area contributed by atoms with Gasteiger partial charge in [0.2, 0.25) is 0 Å². The van der Waals surface area contributed by atoms with E-state index in [9.17, 15) is 4.79 Å². The number of rotatable bonds is 5. The van der Waals surface area contributed by atoms with Crippen LogP contribution in [0.1, 0.15) is 12.8 Å². The number of carboxylic acid groups (broad SMARTS) is 1. The van der Waals surface area contributed by atoms with Crippen molar-refractivity contribution in [3.8, 4) is 5.75 Å². The first-order valence-electron chi connectivity index (χ1n) is 6.13. The highest BCUT2D eigenvalue weighted by molar-refractivity contribution is 6.37. The number of carbonyl (C=O) groups is 1. The van der Waals surface area contributed by atoms with Crippen molar-refractivity contribution in [3.63, 3.8) is 0 Å². The van der Waals surface area contributed by atoms with E-state index in [1.165, 1.54) is 0 Å². The summed E-state index contributed by atoms with van der Waals surface area (Å²) in [5.74, 6) is -0.315. The number of carboxylic acids is 1. The predicted octanol–water partition coefficient (Wildman–Crippen LogP) is 2.92. The lowest BCUT2D eigenvalue weighted by Crippen LogP contribution is -2.38. The lowest BCUT2D eigenvalue weighted by atomic mass is 10.2. The van der Waals surface area contributed by atoms with Crippen LogP contribution < -0.4 is 4.74 Å². The number of hydrogen-bond acceptors (Lipinski definition) is 3. The van der Waals surface area contributed by atoms with E-state index in [4.69, 9.17) is 33.0 Å². The molecule has 0 radical (unpaired) electrons. The van der Waals surface area contributed by atoms with Gasteiger partial charge in [0.15, 0.2) is 5.75 Å². The average Bonchev–Trinajstić information content (AvgIpc) is 2.81. The summed E-state index contributed by atoms with van der Waals surface area (Å²) in [6.07, 6.45) is 1.60. The van der Waals surface area contributed by atoms with Gasteiger partial charge >= 0.3 is 5.97 Å². The quantitative estimate of drug-likeness (QED) is 0.908. The lowest BCUT2D eigenvalue weighted by Gasteiger charge is -2.21. The topological polar surface area (TPSA) is 49.8 Å². The van der Waals surface area contributed by atoms with Gasteiger partial charge < -0.3 is 9.84 Å².